The number of allylic oxidation sites excluding steroid dienone is 1. The van der Waals surface area contributed by atoms with Crippen molar-refractivity contribution in [3.05, 3.63) is 12.2 Å². The molecule has 0 amide bonds. The maximum absolute atomic E-state index is 8.94. The highest BCUT2D eigenvalue weighted by atomic mass is 16.7. The average Bonchev–Trinajstić information content (AvgIpc) is 2.54. The van der Waals surface area contributed by atoms with Crippen molar-refractivity contribution in [3.8, 4) is 0 Å². The summed E-state index contributed by atoms with van der Waals surface area (Å²) in [5.41, 5.74) is 0. The van der Waals surface area contributed by atoms with Crippen molar-refractivity contribution < 1.29 is 14.6 Å². The first-order chi connectivity index (χ1) is 6.22. The topological polar surface area (TPSA) is 38.7 Å². The Bertz CT molecular complexity index is 171. The van der Waals surface area contributed by atoms with Crippen molar-refractivity contribution >= 4 is 0 Å². The molecule has 76 valence electrons. The predicted molar refractivity (Wildman–Crippen MR) is 50.3 cm³/mol. The van der Waals surface area contributed by atoms with Gasteiger partial charge in [0.05, 0.1) is 13.2 Å². The van der Waals surface area contributed by atoms with Crippen molar-refractivity contribution in [1.29, 1.82) is 0 Å². The van der Waals surface area contributed by atoms with Gasteiger partial charge in [-0.2, -0.15) is 0 Å². The highest BCUT2D eigenvalue weighted by Gasteiger charge is 2.34. The minimum Gasteiger partial charge on any atom is -0.396 e. The van der Waals surface area contributed by atoms with E-state index in [1.165, 1.54) is 0 Å². The molecule has 1 N–H and O–H groups in total. The monoisotopic (exact) mass is 186 g/mol. The Hall–Kier alpha value is -0.380. The van der Waals surface area contributed by atoms with E-state index in [2.05, 4.69) is 0 Å². The van der Waals surface area contributed by atoms with E-state index in [1.807, 2.05) is 26.0 Å². The fourth-order valence-electron chi connectivity index (χ4n) is 1.56. The maximum atomic E-state index is 8.94. The molecule has 1 aliphatic heterocycles. The summed E-state index contributed by atoms with van der Waals surface area (Å²) in [4.78, 5) is 0. The number of aliphatic hydroxyl groups excluding tert-OH is 1. The molecule has 3 heteroatoms. The molecule has 3 nitrogen and oxygen atoms in total. The second-order valence-corrected chi connectivity index (χ2v) is 3.50. The van der Waals surface area contributed by atoms with Crippen LogP contribution in [0, 0.1) is 5.92 Å². The van der Waals surface area contributed by atoms with Crippen LogP contribution in [0.2, 0.25) is 0 Å². The average molecular weight is 186 g/mol. The lowest BCUT2D eigenvalue weighted by atomic mass is 10.0. The zero-order valence-corrected chi connectivity index (χ0v) is 8.32. The summed E-state index contributed by atoms with van der Waals surface area (Å²) >= 11 is 0. The van der Waals surface area contributed by atoms with E-state index in [9.17, 15) is 0 Å². The van der Waals surface area contributed by atoms with Crippen LogP contribution in [0.1, 0.15) is 20.3 Å². The van der Waals surface area contributed by atoms with Crippen molar-refractivity contribution in [2.45, 2.75) is 26.1 Å². The first kappa shape index (κ1) is 10.7. The van der Waals surface area contributed by atoms with Crippen LogP contribution in [0.25, 0.3) is 0 Å². The van der Waals surface area contributed by atoms with Gasteiger partial charge in [0.25, 0.3) is 0 Å². The van der Waals surface area contributed by atoms with Gasteiger partial charge in [-0.3, -0.25) is 0 Å². The Labute approximate surface area is 79.3 Å². The summed E-state index contributed by atoms with van der Waals surface area (Å²) in [6.07, 6.45) is 4.56. The third kappa shape index (κ3) is 2.79. The molecule has 0 saturated carbocycles. The van der Waals surface area contributed by atoms with E-state index in [0.29, 0.717) is 19.6 Å². The van der Waals surface area contributed by atoms with Gasteiger partial charge in [0, 0.05) is 13.0 Å². The molecule has 1 saturated heterocycles. The van der Waals surface area contributed by atoms with Gasteiger partial charge >= 0.3 is 0 Å². The Balaban J connectivity index is 2.56. The highest BCUT2D eigenvalue weighted by Crippen LogP contribution is 2.28. The molecule has 0 aromatic heterocycles. The van der Waals surface area contributed by atoms with Gasteiger partial charge < -0.3 is 14.6 Å². The van der Waals surface area contributed by atoms with Gasteiger partial charge in [0.1, 0.15) is 0 Å². The van der Waals surface area contributed by atoms with E-state index < -0.39 is 5.79 Å². The summed E-state index contributed by atoms with van der Waals surface area (Å²) in [5, 5.41) is 8.94. The maximum Gasteiger partial charge on any atom is 0.188 e. The van der Waals surface area contributed by atoms with Gasteiger partial charge in [-0.1, -0.05) is 13.0 Å². The van der Waals surface area contributed by atoms with Crippen LogP contribution in [-0.2, 0) is 9.47 Å². The van der Waals surface area contributed by atoms with Gasteiger partial charge in [-0.25, -0.2) is 0 Å². The zero-order chi connectivity index (χ0) is 9.73. The smallest absolute Gasteiger partial charge is 0.188 e. The fraction of sp³-hybridized carbons (Fsp3) is 0.800. The van der Waals surface area contributed by atoms with Crippen molar-refractivity contribution in [3.63, 3.8) is 0 Å². The van der Waals surface area contributed by atoms with Crippen molar-refractivity contribution in [2.75, 3.05) is 19.8 Å². The van der Waals surface area contributed by atoms with Crippen LogP contribution >= 0.6 is 0 Å². The minimum absolute atomic E-state index is 0.173. The van der Waals surface area contributed by atoms with Crippen molar-refractivity contribution in [2.24, 2.45) is 5.92 Å². The predicted octanol–water partition coefficient (Wildman–Crippen LogP) is 1.32. The molecule has 1 unspecified atom stereocenters. The largest absolute Gasteiger partial charge is 0.396 e. The Morgan fingerprint density at radius 3 is 2.54 bits per heavy atom. The summed E-state index contributed by atoms with van der Waals surface area (Å²) in [6, 6.07) is 0. The van der Waals surface area contributed by atoms with E-state index >= 15 is 0 Å². The first-order valence-electron chi connectivity index (χ1n) is 4.75. The van der Waals surface area contributed by atoms with Crippen LogP contribution in [0.4, 0.5) is 0 Å². The first-order valence-corrected chi connectivity index (χ1v) is 4.75. The number of aliphatic hydroxyl groups is 1. The molecule has 0 aliphatic carbocycles. The van der Waals surface area contributed by atoms with Gasteiger partial charge in [0.2, 0.25) is 0 Å². The third-order valence-corrected chi connectivity index (χ3v) is 2.14. The van der Waals surface area contributed by atoms with Crippen LogP contribution in [0.5, 0.6) is 0 Å². The zero-order valence-electron chi connectivity index (χ0n) is 8.32. The summed E-state index contributed by atoms with van der Waals surface area (Å²) in [7, 11) is 0. The number of hydrogen-bond acceptors (Lipinski definition) is 3. The van der Waals surface area contributed by atoms with Gasteiger partial charge in [-0.05, 0) is 18.9 Å². The minimum atomic E-state index is -0.573. The lowest BCUT2D eigenvalue weighted by molar-refractivity contribution is -0.131. The summed E-state index contributed by atoms with van der Waals surface area (Å²) in [6.45, 7) is 5.38. The molecule has 1 atom stereocenters. The Kier molecular flexibility index (Phi) is 3.90. The molecule has 0 aromatic carbocycles. The summed E-state index contributed by atoms with van der Waals surface area (Å²) in [5.74, 6) is -0.369. The summed E-state index contributed by atoms with van der Waals surface area (Å²) < 4.78 is 11.1. The number of rotatable bonds is 4. The molecule has 0 aromatic rings. The van der Waals surface area contributed by atoms with E-state index in [1.54, 1.807) is 0 Å². The normalized spacial score (nSPS) is 23.9. The molecule has 0 bridgehead atoms. The standard InChI is InChI=1S/C10H18O3/c1-3-4-10(7-9(2)8-11)12-5-6-13-10/h3-4,9,11H,5-8H2,1-2H3/b4-3+. The second kappa shape index (κ2) is 4.74. The molecule has 1 heterocycles. The molecule has 1 aliphatic rings. The van der Waals surface area contributed by atoms with Crippen LogP contribution in [-0.4, -0.2) is 30.7 Å². The third-order valence-electron chi connectivity index (χ3n) is 2.14. The number of hydrogen-bond donors (Lipinski definition) is 1. The molecule has 0 radical (unpaired) electrons. The van der Waals surface area contributed by atoms with Crippen molar-refractivity contribution in [1.82, 2.24) is 0 Å². The lowest BCUT2D eigenvalue weighted by Crippen LogP contribution is -2.30. The molecule has 13 heavy (non-hydrogen) atoms. The number of ether oxygens (including phenoxy) is 2. The SMILES string of the molecule is C/C=C/C1(CC(C)CO)OCCO1. The Morgan fingerprint density at radius 2 is 2.08 bits per heavy atom. The molecule has 1 fully saturated rings. The van der Waals surface area contributed by atoms with Gasteiger partial charge in [-0.15, -0.1) is 0 Å². The molecular weight excluding hydrogens is 168 g/mol. The highest BCUT2D eigenvalue weighted by molar-refractivity contribution is 4.97. The fourth-order valence-corrected chi connectivity index (χ4v) is 1.56. The molecule has 1 rings (SSSR count). The van der Waals surface area contributed by atoms with Crippen LogP contribution < -0.4 is 0 Å². The van der Waals surface area contributed by atoms with E-state index in [0.717, 1.165) is 0 Å². The molecule has 0 spiro atoms. The van der Waals surface area contributed by atoms with Crippen LogP contribution in [0.3, 0.4) is 0 Å². The molecular formula is C10H18O3. The Morgan fingerprint density at radius 1 is 1.46 bits per heavy atom. The second-order valence-electron chi connectivity index (χ2n) is 3.50. The van der Waals surface area contributed by atoms with E-state index in [-0.39, 0.29) is 12.5 Å². The van der Waals surface area contributed by atoms with E-state index in [4.69, 9.17) is 14.6 Å². The quantitative estimate of drug-likeness (QED) is 0.673. The lowest BCUT2D eigenvalue weighted by Gasteiger charge is -2.26. The van der Waals surface area contributed by atoms with Gasteiger partial charge in [0.15, 0.2) is 5.79 Å². The van der Waals surface area contributed by atoms with Crippen LogP contribution in [0.15, 0.2) is 12.2 Å².